The molecule has 2 aromatic heterocycles. The van der Waals surface area contributed by atoms with Gasteiger partial charge in [-0.3, -0.25) is 5.10 Å². The highest BCUT2D eigenvalue weighted by atomic mass is 16.5. The van der Waals surface area contributed by atoms with Crippen molar-refractivity contribution in [1.82, 2.24) is 14.8 Å². The Morgan fingerprint density at radius 1 is 1.42 bits per heavy atom. The summed E-state index contributed by atoms with van der Waals surface area (Å²) in [5.74, 6) is 0.208. The van der Waals surface area contributed by atoms with Gasteiger partial charge in [-0.1, -0.05) is 18.2 Å². The monoisotopic (exact) mass is 349 g/mol. The number of benzene rings is 1. The molecule has 1 aromatic carbocycles. The summed E-state index contributed by atoms with van der Waals surface area (Å²) in [5.41, 5.74) is 10.2. The molecule has 4 rings (SSSR count). The minimum Gasteiger partial charge on any atom is -0.420 e. The maximum atomic E-state index is 9.74. The van der Waals surface area contributed by atoms with Crippen LogP contribution in [0.3, 0.4) is 0 Å². The number of aryl methyl sites for hydroxylation is 1. The first-order valence-electron chi connectivity index (χ1n) is 8.34. The lowest BCUT2D eigenvalue weighted by Crippen LogP contribution is -2.21. The number of allylic oxidation sites excluding steroid dienone is 1. The van der Waals surface area contributed by atoms with Crippen LogP contribution < -0.4 is 10.5 Å². The highest BCUT2D eigenvalue weighted by Gasteiger charge is 2.35. The zero-order valence-corrected chi connectivity index (χ0v) is 14.6. The van der Waals surface area contributed by atoms with Crippen molar-refractivity contribution < 1.29 is 9.47 Å². The van der Waals surface area contributed by atoms with Crippen molar-refractivity contribution in [2.45, 2.75) is 19.4 Å². The summed E-state index contributed by atoms with van der Waals surface area (Å²) in [6, 6.07) is 10.4. The van der Waals surface area contributed by atoms with Crippen molar-refractivity contribution in [3.05, 3.63) is 58.7 Å². The third kappa shape index (κ3) is 2.35. The van der Waals surface area contributed by atoms with E-state index in [1.165, 1.54) is 0 Å². The molecule has 1 aliphatic heterocycles. The van der Waals surface area contributed by atoms with Crippen molar-refractivity contribution in [2.24, 2.45) is 5.73 Å². The van der Waals surface area contributed by atoms with Crippen molar-refractivity contribution in [3.8, 4) is 11.9 Å². The van der Waals surface area contributed by atoms with E-state index in [2.05, 4.69) is 39.2 Å². The Kier molecular flexibility index (Phi) is 3.90. The number of H-pyrrole nitrogens is 1. The van der Waals surface area contributed by atoms with Crippen LogP contribution >= 0.6 is 0 Å². The van der Waals surface area contributed by atoms with Gasteiger partial charge in [0.1, 0.15) is 11.6 Å². The molecular weight excluding hydrogens is 330 g/mol. The van der Waals surface area contributed by atoms with Crippen LogP contribution in [0, 0.1) is 18.3 Å². The predicted molar refractivity (Wildman–Crippen MR) is 96.4 cm³/mol. The molecule has 0 unspecified atom stereocenters. The van der Waals surface area contributed by atoms with Gasteiger partial charge in [0.2, 0.25) is 11.8 Å². The maximum Gasteiger partial charge on any atom is 0.244 e. The molecule has 0 bridgehead atoms. The number of nitrogens with one attached hydrogen (secondary N) is 1. The van der Waals surface area contributed by atoms with E-state index in [0.29, 0.717) is 18.1 Å². The van der Waals surface area contributed by atoms with Crippen LogP contribution in [0.4, 0.5) is 0 Å². The van der Waals surface area contributed by atoms with E-state index in [0.717, 1.165) is 34.3 Å². The highest BCUT2D eigenvalue weighted by molar-refractivity contribution is 5.86. The molecule has 0 saturated heterocycles. The fourth-order valence-corrected chi connectivity index (χ4v) is 3.59. The van der Waals surface area contributed by atoms with E-state index in [9.17, 15) is 5.26 Å². The molecule has 0 amide bonds. The van der Waals surface area contributed by atoms with Gasteiger partial charge in [0.25, 0.3) is 0 Å². The molecule has 0 radical (unpaired) electrons. The van der Waals surface area contributed by atoms with E-state index < -0.39 is 0 Å². The van der Waals surface area contributed by atoms with Crippen molar-refractivity contribution in [2.75, 3.05) is 13.7 Å². The number of nitrogens with zero attached hydrogens (tertiary/aromatic N) is 3. The zero-order chi connectivity index (χ0) is 18.3. The Balaban J connectivity index is 1.97. The molecule has 0 saturated carbocycles. The van der Waals surface area contributed by atoms with E-state index in [1.807, 2.05) is 19.1 Å². The Hall–Kier alpha value is -3.24. The van der Waals surface area contributed by atoms with Gasteiger partial charge in [0.05, 0.1) is 12.5 Å². The van der Waals surface area contributed by atoms with Gasteiger partial charge in [-0.25, -0.2) is 0 Å². The van der Waals surface area contributed by atoms with E-state index in [4.69, 9.17) is 15.2 Å². The first-order chi connectivity index (χ1) is 12.7. The average molecular weight is 349 g/mol. The van der Waals surface area contributed by atoms with Gasteiger partial charge in [0.15, 0.2) is 0 Å². The fraction of sp³-hybridized carbons (Fsp3) is 0.263. The molecule has 7 nitrogen and oxygen atoms in total. The van der Waals surface area contributed by atoms with Crippen molar-refractivity contribution in [1.29, 1.82) is 5.26 Å². The first kappa shape index (κ1) is 16.2. The van der Waals surface area contributed by atoms with Crippen LogP contribution in [-0.2, 0) is 11.3 Å². The Bertz CT molecular complexity index is 1050. The summed E-state index contributed by atoms with van der Waals surface area (Å²) >= 11 is 0. The lowest BCUT2D eigenvalue weighted by atomic mass is 9.84. The first-order valence-corrected chi connectivity index (χ1v) is 8.34. The average Bonchev–Trinajstić information content (AvgIpc) is 3.20. The molecule has 0 spiro atoms. The smallest absolute Gasteiger partial charge is 0.244 e. The second-order valence-corrected chi connectivity index (χ2v) is 6.28. The number of aromatic amines is 1. The maximum absolute atomic E-state index is 9.74. The lowest BCUT2D eigenvalue weighted by molar-refractivity contribution is 0.188. The summed E-state index contributed by atoms with van der Waals surface area (Å²) < 4.78 is 12.9. The number of rotatable bonds is 4. The number of hydrogen-bond acceptors (Lipinski definition) is 5. The van der Waals surface area contributed by atoms with Gasteiger partial charge in [0, 0.05) is 42.0 Å². The summed E-state index contributed by atoms with van der Waals surface area (Å²) in [6.45, 7) is 3.24. The number of hydrogen-bond donors (Lipinski definition) is 2. The number of methoxy groups -OCH3 is 1. The SMILES string of the molecule is COCCn1cc([C@H]2C(C#N)=C(N)Oc3n[nH]c(C)c32)c2ccccc21. The van der Waals surface area contributed by atoms with Crippen LogP contribution in [0.2, 0.25) is 0 Å². The van der Waals surface area contributed by atoms with Gasteiger partial charge in [-0.15, -0.1) is 5.10 Å². The molecule has 0 aliphatic carbocycles. The molecule has 1 aliphatic rings. The van der Waals surface area contributed by atoms with Gasteiger partial charge in [-0.05, 0) is 18.6 Å². The number of para-hydroxylation sites is 1. The Morgan fingerprint density at radius 3 is 3.00 bits per heavy atom. The molecular formula is C19H19N5O2. The number of nitrogens with two attached hydrogens (primary N) is 1. The summed E-state index contributed by atoms with van der Waals surface area (Å²) in [6.07, 6.45) is 2.07. The number of fused-ring (bicyclic) bond motifs is 2. The van der Waals surface area contributed by atoms with Crippen molar-refractivity contribution in [3.63, 3.8) is 0 Å². The Morgan fingerprint density at radius 2 is 2.23 bits per heavy atom. The minimum absolute atomic E-state index is 0.102. The van der Waals surface area contributed by atoms with Gasteiger partial charge < -0.3 is 19.8 Å². The van der Waals surface area contributed by atoms with Crippen LogP contribution in [-0.4, -0.2) is 28.5 Å². The van der Waals surface area contributed by atoms with Gasteiger partial charge >= 0.3 is 0 Å². The standard InChI is InChI=1S/C19H19N5O2/c1-11-16-17(13(9-20)18(21)26-19(16)23-22-11)14-10-24(7-8-25-2)15-6-4-3-5-12(14)15/h3-6,10,17H,7-8,21H2,1-2H3,(H,22,23)/t17-/m1/s1. The van der Waals surface area contributed by atoms with Crippen LogP contribution in [0.15, 0.2) is 41.9 Å². The highest BCUT2D eigenvalue weighted by Crippen LogP contribution is 2.45. The topological polar surface area (TPSA) is 102 Å². The fourth-order valence-electron chi connectivity index (χ4n) is 3.59. The molecule has 132 valence electrons. The minimum atomic E-state index is -0.323. The third-order valence-corrected chi connectivity index (χ3v) is 4.80. The summed E-state index contributed by atoms with van der Waals surface area (Å²) in [5, 5.41) is 17.9. The van der Waals surface area contributed by atoms with E-state index in [-0.39, 0.29) is 11.8 Å². The van der Waals surface area contributed by atoms with Crippen LogP contribution in [0.25, 0.3) is 10.9 Å². The number of ether oxygens (including phenoxy) is 2. The lowest BCUT2D eigenvalue weighted by Gasteiger charge is -2.23. The largest absolute Gasteiger partial charge is 0.420 e. The number of aromatic nitrogens is 3. The molecule has 7 heteroatoms. The second-order valence-electron chi connectivity index (χ2n) is 6.28. The zero-order valence-electron chi connectivity index (χ0n) is 14.6. The summed E-state index contributed by atoms with van der Waals surface area (Å²) in [7, 11) is 1.68. The van der Waals surface area contributed by atoms with Crippen LogP contribution in [0.1, 0.15) is 22.7 Å². The molecule has 3 aromatic rings. The summed E-state index contributed by atoms with van der Waals surface area (Å²) in [4.78, 5) is 0. The van der Waals surface area contributed by atoms with Crippen LogP contribution in [0.5, 0.6) is 5.88 Å². The normalized spacial score (nSPS) is 16.4. The molecule has 1 atom stereocenters. The molecule has 3 N–H and O–H groups in total. The quantitative estimate of drug-likeness (QED) is 0.753. The third-order valence-electron chi connectivity index (χ3n) is 4.80. The predicted octanol–water partition coefficient (Wildman–Crippen LogP) is 2.54. The van der Waals surface area contributed by atoms with E-state index >= 15 is 0 Å². The number of nitriles is 1. The second kappa shape index (κ2) is 6.24. The van der Waals surface area contributed by atoms with Crippen molar-refractivity contribution >= 4 is 10.9 Å². The van der Waals surface area contributed by atoms with Gasteiger partial charge in [-0.2, -0.15) is 5.26 Å². The Labute approximate surface area is 150 Å². The molecule has 26 heavy (non-hydrogen) atoms. The molecule has 3 heterocycles. The molecule has 0 fully saturated rings. The van der Waals surface area contributed by atoms with E-state index in [1.54, 1.807) is 7.11 Å².